The number of carbonyl (C=O) groups is 2. The number of amides is 1. The van der Waals surface area contributed by atoms with Gasteiger partial charge in [-0.25, -0.2) is 4.79 Å². The van der Waals surface area contributed by atoms with Crippen LogP contribution in [0.25, 0.3) is 11.1 Å². The number of benzene rings is 2. The number of aldehydes is 1. The molecule has 1 aliphatic carbocycles. The Bertz CT molecular complexity index is 769. The van der Waals surface area contributed by atoms with Crippen LogP contribution in [0.15, 0.2) is 60.9 Å². The third-order valence-electron chi connectivity index (χ3n) is 4.27. The molecule has 128 valence electrons. The van der Waals surface area contributed by atoms with Crippen LogP contribution in [0, 0.1) is 0 Å². The fourth-order valence-corrected chi connectivity index (χ4v) is 3.18. The molecule has 0 saturated heterocycles. The highest BCUT2D eigenvalue weighted by Gasteiger charge is 2.29. The molecule has 2 N–H and O–H groups in total. The van der Waals surface area contributed by atoms with E-state index in [2.05, 4.69) is 24.0 Å². The number of aliphatic hydroxyl groups is 1. The van der Waals surface area contributed by atoms with Crippen molar-refractivity contribution < 1.29 is 19.4 Å². The van der Waals surface area contributed by atoms with E-state index in [9.17, 15) is 9.59 Å². The highest BCUT2D eigenvalue weighted by molar-refractivity contribution is 5.79. The van der Waals surface area contributed by atoms with Crippen LogP contribution in [0.3, 0.4) is 0 Å². The molecule has 3 rings (SSSR count). The Kier molecular flexibility index (Phi) is 4.84. The lowest BCUT2D eigenvalue weighted by Gasteiger charge is -2.16. The van der Waals surface area contributed by atoms with Crippen molar-refractivity contribution in [3.63, 3.8) is 0 Å². The van der Waals surface area contributed by atoms with Crippen molar-refractivity contribution in [2.45, 2.75) is 18.4 Å². The third kappa shape index (κ3) is 3.55. The first-order valence-electron chi connectivity index (χ1n) is 8.03. The summed E-state index contributed by atoms with van der Waals surface area (Å²) in [7, 11) is 0. The molecular weight excluding hydrogens is 318 g/mol. The third-order valence-corrected chi connectivity index (χ3v) is 4.27. The van der Waals surface area contributed by atoms with Crippen molar-refractivity contribution in [3.05, 3.63) is 72.0 Å². The number of hydrogen-bond acceptors (Lipinski definition) is 4. The summed E-state index contributed by atoms with van der Waals surface area (Å²) in [6, 6.07) is 15.2. The summed E-state index contributed by atoms with van der Waals surface area (Å²) in [6.45, 7) is 3.49. The van der Waals surface area contributed by atoms with Crippen LogP contribution in [0.5, 0.6) is 0 Å². The Balaban J connectivity index is 1.70. The number of ether oxygens (including phenoxy) is 1. The predicted octanol–water partition coefficient (Wildman–Crippen LogP) is 3.55. The van der Waals surface area contributed by atoms with Gasteiger partial charge in [-0.3, -0.25) is 0 Å². The predicted molar refractivity (Wildman–Crippen MR) is 94.4 cm³/mol. The van der Waals surface area contributed by atoms with Crippen LogP contribution in [0.2, 0.25) is 0 Å². The Hall–Kier alpha value is -3.08. The summed E-state index contributed by atoms with van der Waals surface area (Å²) in [6.07, 6.45) is -0.184. The van der Waals surface area contributed by atoms with Gasteiger partial charge in [-0.2, -0.15) is 0 Å². The SMILES string of the molecule is C=C(O)CC(C=O)NC(=O)OCC1c2ccccc2-c2ccccc21. The zero-order chi connectivity index (χ0) is 17.8. The number of carbonyl (C=O) groups excluding carboxylic acids is 2. The number of hydrogen-bond donors (Lipinski definition) is 2. The van der Waals surface area contributed by atoms with Gasteiger partial charge < -0.3 is 20.0 Å². The maximum atomic E-state index is 12.0. The van der Waals surface area contributed by atoms with Crippen LogP contribution < -0.4 is 5.32 Å². The van der Waals surface area contributed by atoms with Gasteiger partial charge in [0.05, 0.1) is 11.8 Å². The minimum atomic E-state index is -0.854. The van der Waals surface area contributed by atoms with Gasteiger partial charge in [0.25, 0.3) is 0 Å². The van der Waals surface area contributed by atoms with Crippen molar-refractivity contribution in [1.29, 1.82) is 0 Å². The second-order valence-electron chi connectivity index (χ2n) is 5.98. The van der Waals surface area contributed by atoms with E-state index in [0.717, 1.165) is 22.3 Å². The van der Waals surface area contributed by atoms with E-state index >= 15 is 0 Å². The van der Waals surface area contributed by atoms with E-state index in [1.165, 1.54) is 0 Å². The van der Waals surface area contributed by atoms with E-state index in [1.54, 1.807) is 0 Å². The summed E-state index contributed by atoms with van der Waals surface area (Å²) in [5, 5.41) is 11.6. The highest BCUT2D eigenvalue weighted by Crippen LogP contribution is 2.44. The van der Waals surface area contributed by atoms with Gasteiger partial charge >= 0.3 is 6.09 Å². The van der Waals surface area contributed by atoms with Gasteiger partial charge in [0.2, 0.25) is 0 Å². The fourth-order valence-electron chi connectivity index (χ4n) is 3.18. The van der Waals surface area contributed by atoms with Crippen molar-refractivity contribution in [2.75, 3.05) is 6.61 Å². The molecule has 2 aromatic carbocycles. The molecular formula is C20H19NO4. The van der Waals surface area contributed by atoms with Crippen LogP contribution in [0.4, 0.5) is 4.79 Å². The van der Waals surface area contributed by atoms with Crippen LogP contribution >= 0.6 is 0 Å². The Labute approximate surface area is 145 Å². The molecule has 0 aromatic heterocycles. The summed E-state index contributed by atoms with van der Waals surface area (Å²) in [4.78, 5) is 22.9. The van der Waals surface area contributed by atoms with E-state index in [0.29, 0.717) is 6.29 Å². The van der Waals surface area contributed by atoms with Gasteiger partial charge in [-0.15, -0.1) is 0 Å². The lowest BCUT2D eigenvalue weighted by molar-refractivity contribution is -0.109. The van der Waals surface area contributed by atoms with Gasteiger partial charge in [-0.1, -0.05) is 55.1 Å². The van der Waals surface area contributed by atoms with Gasteiger partial charge in [-0.05, 0) is 22.3 Å². The van der Waals surface area contributed by atoms with Gasteiger partial charge in [0.1, 0.15) is 12.9 Å². The maximum Gasteiger partial charge on any atom is 0.407 e. The monoisotopic (exact) mass is 337 g/mol. The molecule has 25 heavy (non-hydrogen) atoms. The number of alkyl carbamates (subject to hydrolysis) is 1. The Morgan fingerprint density at radius 2 is 1.72 bits per heavy atom. The van der Waals surface area contributed by atoms with Crippen molar-refractivity contribution in [2.24, 2.45) is 0 Å². The molecule has 0 spiro atoms. The molecule has 1 aliphatic rings. The minimum Gasteiger partial charge on any atom is -0.513 e. The molecule has 1 amide bonds. The quantitative estimate of drug-likeness (QED) is 0.624. The Morgan fingerprint density at radius 1 is 1.16 bits per heavy atom. The zero-order valence-electron chi connectivity index (χ0n) is 13.6. The molecule has 0 aliphatic heterocycles. The smallest absolute Gasteiger partial charge is 0.407 e. The number of fused-ring (bicyclic) bond motifs is 3. The van der Waals surface area contributed by atoms with E-state index in [-0.39, 0.29) is 24.7 Å². The number of nitrogens with one attached hydrogen (secondary N) is 1. The number of rotatable bonds is 6. The second-order valence-corrected chi connectivity index (χ2v) is 5.98. The summed E-state index contributed by atoms with van der Waals surface area (Å²) in [5.41, 5.74) is 4.53. The molecule has 0 radical (unpaired) electrons. The topological polar surface area (TPSA) is 75.6 Å². The zero-order valence-corrected chi connectivity index (χ0v) is 13.6. The molecule has 0 saturated carbocycles. The first kappa shape index (κ1) is 16.8. The maximum absolute atomic E-state index is 12.0. The van der Waals surface area contributed by atoms with E-state index in [4.69, 9.17) is 9.84 Å². The van der Waals surface area contributed by atoms with Crippen molar-refractivity contribution in [3.8, 4) is 11.1 Å². The van der Waals surface area contributed by atoms with Crippen molar-refractivity contribution >= 4 is 12.4 Å². The summed E-state index contributed by atoms with van der Waals surface area (Å²) in [5.74, 6) is -0.211. The highest BCUT2D eigenvalue weighted by atomic mass is 16.5. The number of aliphatic hydroxyl groups excluding tert-OH is 1. The molecule has 1 atom stereocenters. The van der Waals surface area contributed by atoms with Crippen LogP contribution in [-0.2, 0) is 9.53 Å². The molecule has 0 heterocycles. The van der Waals surface area contributed by atoms with Crippen LogP contribution in [0.1, 0.15) is 23.5 Å². The molecule has 2 aromatic rings. The Morgan fingerprint density at radius 3 is 2.24 bits per heavy atom. The summed E-state index contributed by atoms with van der Waals surface area (Å²) < 4.78 is 5.33. The molecule has 5 nitrogen and oxygen atoms in total. The van der Waals surface area contributed by atoms with E-state index in [1.807, 2.05) is 36.4 Å². The normalized spacial score (nSPS) is 13.4. The average Bonchev–Trinajstić information content (AvgIpc) is 2.93. The molecule has 5 heteroatoms. The lowest BCUT2D eigenvalue weighted by atomic mass is 9.98. The largest absolute Gasteiger partial charge is 0.513 e. The first-order chi connectivity index (χ1) is 12.1. The minimum absolute atomic E-state index is 0.0340. The molecule has 0 fully saturated rings. The standard InChI is InChI=1S/C20H19NO4/c1-13(23)10-14(11-22)21-20(24)25-12-19-17-8-4-2-6-15(17)16-7-3-5-9-18(16)19/h2-9,11,14,19,23H,1,10,12H2,(H,21,24). The van der Waals surface area contributed by atoms with Crippen LogP contribution in [-0.4, -0.2) is 30.1 Å². The molecule has 0 bridgehead atoms. The lowest BCUT2D eigenvalue weighted by Crippen LogP contribution is -2.37. The second kappa shape index (κ2) is 7.21. The van der Waals surface area contributed by atoms with E-state index < -0.39 is 12.1 Å². The van der Waals surface area contributed by atoms with Gasteiger partial charge in [0.15, 0.2) is 0 Å². The van der Waals surface area contributed by atoms with Crippen molar-refractivity contribution in [1.82, 2.24) is 5.32 Å². The molecule has 1 unspecified atom stereocenters. The fraction of sp³-hybridized carbons (Fsp3) is 0.200. The first-order valence-corrected chi connectivity index (χ1v) is 8.03. The van der Waals surface area contributed by atoms with Gasteiger partial charge in [0, 0.05) is 12.3 Å². The summed E-state index contributed by atoms with van der Waals surface area (Å²) >= 11 is 0. The average molecular weight is 337 g/mol.